The summed E-state index contributed by atoms with van der Waals surface area (Å²) in [6.07, 6.45) is 1.77. The summed E-state index contributed by atoms with van der Waals surface area (Å²) in [5.41, 5.74) is 8.12. The van der Waals surface area contributed by atoms with Crippen LogP contribution < -0.4 is 5.32 Å². The summed E-state index contributed by atoms with van der Waals surface area (Å²) in [7, 11) is 0. The van der Waals surface area contributed by atoms with Crippen molar-refractivity contribution < 1.29 is 5.11 Å². The van der Waals surface area contributed by atoms with Crippen LogP contribution in [0.3, 0.4) is 0 Å². The molecule has 0 aromatic rings. The molecule has 1 heterocycles. The third kappa shape index (κ3) is 2.38. The molecule has 5 heteroatoms. The number of nitrogens with zero attached hydrogens (tertiary/aromatic N) is 3. The fourth-order valence-corrected chi connectivity index (χ4v) is 1.23. The molecule has 0 aromatic carbocycles. The van der Waals surface area contributed by atoms with E-state index in [2.05, 4.69) is 15.3 Å². The van der Waals surface area contributed by atoms with Crippen molar-refractivity contribution in [3.8, 4) is 0 Å². The van der Waals surface area contributed by atoms with Gasteiger partial charge in [0.15, 0.2) is 0 Å². The van der Waals surface area contributed by atoms with Gasteiger partial charge in [0.2, 0.25) is 0 Å². The molecule has 62 valence electrons. The molecule has 11 heavy (non-hydrogen) atoms. The number of azide groups is 1. The average molecular weight is 156 g/mol. The van der Waals surface area contributed by atoms with E-state index in [9.17, 15) is 0 Å². The molecule has 0 amide bonds. The first-order valence-electron chi connectivity index (χ1n) is 3.75. The SMILES string of the molecule is [N-]=[N+]=NC1CCC(CO)NC1. The Bertz CT molecular complexity index is 158. The highest BCUT2D eigenvalue weighted by Crippen LogP contribution is 2.10. The van der Waals surface area contributed by atoms with E-state index in [1.165, 1.54) is 0 Å². The van der Waals surface area contributed by atoms with E-state index < -0.39 is 0 Å². The minimum absolute atomic E-state index is 0.0720. The first-order valence-corrected chi connectivity index (χ1v) is 3.75. The molecule has 0 aliphatic carbocycles. The van der Waals surface area contributed by atoms with Gasteiger partial charge in [-0.15, -0.1) is 0 Å². The van der Waals surface area contributed by atoms with Crippen molar-refractivity contribution in [2.24, 2.45) is 5.11 Å². The summed E-state index contributed by atoms with van der Waals surface area (Å²) >= 11 is 0. The van der Waals surface area contributed by atoms with E-state index in [0.29, 0.717) is 6.54 Å². The monoisotopic (exact) mass is 156 g/mol. The lowest BCUT2D eigenvalue weighted by molar-refractivity contribution is 0.213. The van der Waals surface area contributed by atoms with Crippen molar-refractivity contribution in [1.82, 2.24) is 5.32 Å². The second kappa shape index (κ2) is 4.18. The minimum Gasteiger partial charge on any atom is -0.395 e. The van der Waals surface area contributed by atoms with Crippen molar-refractivity contribution in [2.75, 3.05) is 13.2 Å². The Hall–Kier alpha value is -0.770. The Morgan fingerprint density at radius 2 is 2.45 bits per heavy atom. The second-order valence-corrected chi connectivity index (χ2v) is 2.72. The van der Waals surface area contributed by atoms with E-state index in [4.69, 9.17) is 10.6 Å². The van der Waals surface area contributed by atoms with Crippen LogP contribution in [0, 0.1) is 0 Å². The van der Waals surface area contributed by atoms with Gasteiger partial charge < -0.3 is 10.4 Å². The van der Waals surface area contributed by atoms with Gasteiger partial charge in [0.1, 0.15) is 0 Å². The van der Waals surface area contributed by atoms with E-state index in [0.717, 1.165) is 12.8 Å². The summed E-state index contributed by atoms with van der Waals surface area (Å²) in [6.45, 7) is 0.859. The second-order valence-electron chi connectivity index (χ2n) is 2.72. The molecule has 1 rings (SSSR count). The highest BCUT2D eigenvalue weighted by atomic mass is 16.3. The smallest absolute Gasteiger partial charge is 0.0584 e. The fraction of sp³-hybridized carbons (Fsp3) is 1.00. The van der Waals surface area contributed by atoms with Crippen LogP contribution in [0.5, 0.6) is 0 Å². The van der Waals surface area contributed by atoms with Gasteiger partial charge in [-0.3, -0.25) is 0 Å². The topological polar surface area (TPSA) is 81.0 Å². The van der Waals surface area contributed by atoms with Crippen LogP contribution in [0.15, 0.2) is 5.11 Å². The van der Waals surface area contributed by atoms with Gasteiger partial charge in [-0.25, -0.2) is 0 Å². The summed E-state index contributed by atoms with van der Waals surface area (Å²) in [6, 6.07) is 0.267. The number of aliphatic hydroxyl groups excluding tert-OH is 1. The number of rotatable bonds is 2. The molecule has 1 aliphatic heterocycles. The highest BCUT2D eigenvalue weighted by molar-refractivity contribution is 4.81. The average Bonchev–Trinajstić information content (AvgIpc) is 2.07. The fourth-order valence-electron chi connectivity index (χ4n) is 1.23. The lowest BCUT2D eigenvalue weighted by Crippen LogP contribution is -2.42. The lowest BCUT2D eigenvalue weighted by Gasteiger charge is -2.25. The Kier molecular flexibility index (Phi) is 3.16. The standard InChI is InChI=1S/C6H12N4O/c7-10-9-5-1-2-6(4-11)8-3-5/h5-6,8,11H,1-4H2. The maximum atomic E-state index is 8.74. The quantitative estimate of drug-likeness (QED) is 0.345. The molecule has 0 radical (unpaired) electrons. The largest absolute Gasteiger partial charge is 0.395 e. The van der Waals surface area contributed by atoms with Crippen LogP contribution in [0.4, 0.5) is 0 Å². The number of hydrogen-bond acceptors (Lipinski definition) is 3. The molecule has 2 unspecified atom stereocenters. The molecule has 0 bridgehead atoms. The number of aliphatic hydroxyl groups is 1. The zero-order valence-corrected chi connectivity index (χ0v) is 6.27. The molecule has 0 saturated carbocycles. The van der Waals surface area contributed by atoms with Gasteiger partial charge in [0, 0.05) is 23.5 Å². The van der Waals surface area contributed by atoms with Crippen LogP contribution in [-0.4, -0.2) is 30.3 Å². The zero-order chi connectivity index (χ0) is 8.10. The predicted octanol–water partition coefficient (Wildman–Crippen LogP) is 0.410. The molecule has 2 atom stereocenters. The maximum Gasteiger partial charge on any atom is 0.0584 e. The summed E-state index contributed by atoms with van der Waals surface area (Å²) < 4.78 is 0. The van der Waals surface area contributed by atoms with Crippen LogP contribution >= 0.6 is 0 Å². The van der Waals surface area contributed by atoms with Crippen molar-refractivity contribution in [1.29, 1.82) is 0 Å². The number of piperidine rings is 1. The normalized spacial score (nSPS) is 31.0. The molecule has 0 spiro atoms. The molecule has 1 aliphatic rings. The lowest BCUT2D eigenvalue weighted by atomic mass is 10.0. The maximum absolute atomic E-state index is 8.74. The Morgan fingerprint density at radius 3 is 2.91 bits per heavy atom. The minimum atomic E-state index is 0.0720. The van der Waals surface area contributed by atoms with Gasteiger partial charge in [0.05, 0.1) is 6.61 Å². The first kappa shape index (κ1) is 8.33. The van der Waals surface area contributed by atoms with Crippen molar-refractivity contribution in [3.05, 3.63) is 10.4 Å². The van der Waals surface area contributed by atoms with Crippen LogP contribution in [-0.2, 0) is 0 Å². The van der Waals surface area contributed by atoms with Crippen molar-refractivity contribution in [2.45, 2.75) is 24.9 Å². The number of hydrogen-bond donors (Lipinski definition) is 2. The van der Waals surface area contributed by atoms with Gasteiger partial charge >= 0.3 is 0 Å². The Morgan fingerprint density at radius 1 is 1.64 bits per heavy atom. The predicted molar refractivity (Wildman–Crippen MR) is 41.0 cm³/mol. The van der Waals surface area contributed by atoms with Crippen molar-refractivity contribution in [3.63, 3.8) is 0 Å². The van der Waals surface area contributed by atoms with Gasteiger partial charge in [-0.05, 0) is 18.4 Å². The Labute approximate surface area is 65.0 Å². The molecule has 2 N–H and O–H groups in total. The molecular formula is C6H12N4O. The molecule has 5 nitrogen and oxygen atoms in total. The third-order valence-corrected chi connectivity index (χ3v) is 1.93. The third-order valence-electron chi connectivity index (χ3n) is 1.93. The zero-order valence-electron chi connectivity index (χ0n) is 6.27. The molecule has 1 saturated heterocycles. The van der Waals surface area contributed by atoms with Gasteiger partial charge in [-0.1, -0.05) is 5.11 Å². The van der Waals surface area contributed by atoms with Crippen LogP contribution in [0.1, 0.15) is 12.8 Å². The van der Waals surface area contributed by atoms with Gasteiger partial charge in [-0.2, -0.15) is 0 Å². The number of nitrogens with one attached hydrogen (secondary N) is 1. The van der Waals surface area contributed by atoms with Crippen LogP contribution in [0.2, 0.25) is 0 Å². The first-order chi connectivity index (χ1) is 5.36. The van der Waals surface area contributed by atoms with Crippen LogP contribution in [0.25, 0.3) is 10.4 Å². The summed E-state index contributed by atoms with van der Waals surface area (Å²) in [5, 5.41) is 15.4. The highest BCUT2D eigenvalue weighted by Gasteiger charge is 2.17. The summed E-state index contributed by atoms with van der Waals surface area (Å²) in [4.78, 5) is 2.73. The van der Waals surface area contributed by atoms with Gasteiger partial charge in [0.25, 0.3) is 0 Å². The van der Waals surface area contributed by atoms with E-state index in [1.54, 1.807) is 0 Å². The van der Waals surface area contributed by atoms with E-state index in [1.807, 2.05) is 0 Å². The van der Waals surface area contributed by atoms with Crippen molar-refractivity contribution >= 4 is 0 Å². The van der Waals surface area contributed by atoms with E-state index in [-0.39, 0.29) is 18.7 Å². The summed E-state index contributed by atoms with van der Waals surface area (Å²) in [5.74, 6) is 0. The Balaban J connectivity index is 2.29. The molecule has 0 aromatic heterocycles. The van der Waals surface area contributed by atoms with E-state index >= 15 is 0 Å². The molecule has 1 fully saturated rings. The molecular weight excluding hydrogens is 144 g/mol.